The summed E-state index contributed by atoms with van der Waals surface area (Å²) in [6, 6.07) is 15.6. The molecule has 2 fully saturated rings. The van der Waals surface area contributed by atoms with Crippen molar-refractivity contribution in [3.63, 3.8) is 0 Å². The largest absolute Gasteiger partial charge is 0.490 e. The second kappa shape index (κ2) is 9.12. The third-order valence-corrected chi connectivity index (χ3v) is 5.69. The number of hydrogen-bond donors (Lipinski definition) is 1. The van der Waals surface area contributed by atoms with Crippen LogP contribution in [0.1, 0.15) is 50.5 Å². The minimum Gasteiger partial charge on any atom is -0.490 e. The highest BCUT2D eigenvalue weighted by atomic mass is 16.5. The number of rotatable bonds is 7. The van der Waals surface area contributed by atoms with Crippen LogP contribution in [0.5, 0.6) is 5.75 Å². The van der Waals surface area contributed by atoms with E-state index in [-0.39, 0.29) is 11.8 Å². The van der Waals surface area contributed by atoms with Crippen molar-refractivity contribution in [3.8, 4) is 5.75 Å². The molecule has 1 aliphatic carbocycles. The molecule has 2 aromatic carbocycles. The van der Waals surface area contributed by atoms with Crippen LogP contribution in [-0.4, -0.2) is 24.5 Å². The summed E-state index contributed by atoms with van der Waals surface area (Å²) in [6.45, 7) is 0.708. The second-order valence-electron chi connectivity index (χ2n) is 7.89. The van der Waals surface area contributed by atoms with Gasteiger partial charge in [0.2, 0.25) is 11.8 Å². The summed E-state index contributed by atoms with van der Waals surface area (Å²) in [7, 11) is 0. The highest BCUT2D eigenvalue weighted by Gasteiger charge is 2.24. The molecular weight excluding hydrogens is 364 g/mol. The fourth-order valence-electron chi connectivity index (χ4n) is 4.16. The Bertz CT molecular complexity index is 874. The van der Waals surface area contributed by atoms with Crippen molar-refractivity contribution < 1.29 is 14.3 Å². The van der Waals surface area contributed by atoms with Gasteiger partial charge in [0.05, 0.1) is 17.5 Å². The van der Waals surface area contributed by atoms with Gasteiger partial charge in [0, 0.05) is 19.4 Å². The number of amides is 2. The van der Waals surface area contributed by atoms with Crippen LogP contribution in [0.25, 0.3) is 0 Å². The van der Waals surface area contributed by atoms with Crippen molar-refractivity contribution >= 4 is 23.2 Å². The van der Waals surface area contributed by atoms with Gasteiger partial charge in [0.1, 0.15) is 5.75 Å². The molecule has 2 aliphatic rings. The Hall–Kier alpha value is -2.82. The molecule has 1 saturated heterocycles. The zero-order valence-corrected chi connectivity index (χ0v) is 16.7. The normalized spacial score (nSPS) is 17.0. The summed E-state index contributed by atoms with van der Waals surface area (Å²) in [4.78, 5) is 26.4. The van der Waals surface area contributed by atoms with Crippen LogP contribution in [-0.2, 0) is 16.0 Å². The van der Waals surface area contributed by atoms with Crippen LogP contribution in [0.15, 0.2) is 48.5 Å². The molecule has 29 heavy (non-hydrogen) atoms. The average molecular weight is 392 g/mol. The van der Waals surface area contributed by atoms with Gasteiger partial charge in [-0.2, -0.15) is 0 Å². The maximum Gasteiger partial charge on any atom is 0.227 e. The van der Waals surface area contributed by atoms with Gasteiger partial charge >= 0.3 is 0 Å². The fraction of sp³-hybridized carbons (Fsp3) is 0.417. The standard InChI is InChI=1S/C24H28N2O3/c27-23(25-21-11-3-4-12-22(21)26-16-6-13-24(26)28)15-14-18-7-5-10-20(17-18)29-19-8-1-2-9-19/h3-5,7,10-12,17,19H,1-2,6,8-9,13-16H2,(H,25,27). The quantitative estimate of drug-likeness (QED) is 0.743. The third-order valence-electron chi connectivity index (χ3n) is 5.69. The van der Waals surface area contributed by atoms with E-state index < -0.39 is 0 Å². The zero-order valence-electron chi connectivity index (χ0n) is 16.7. The van der Waals surface area contributed by atoms with E-state index in [1.165, 1.54) is 12.8 Å². The minimum absolute atomic E-state index is 0.0498. The summed E-state index contributed by atoms with van der Waals surface area (Å²) < 4.78 is 6.06. The molecule has 0 radical (unpaired) electrons. The molecule has 2 aromatic rings. The Labute approximate surface area is 172 Å². The maximum absolute atomic E-state index is 12.6. The average Bonchev–Trinajstić information content (AvgIpc) is 3.39. The molecule has 0 bridgehead atoms. The van der Waals surface area contributed by atoms with Crippen molar-refractivity contribution in [2.75, 3.05) is 16.8 Å². The molecule has 2 amide bonds. The summed E-state index contributed by atoms with van der Waals surface area (Å²) >= 11 is 0. The van der Waals surface area contributed by atoms with Gasteiger partial charge in [-0.15, -0.1) is 0 Å². The van der Waals surface area contributed by atoms with E-state index >= 15 is 0 Å². The van der Waals surface area contributed by atoms with Crippen molar-refractivity contribution in [1.82, 2.24) is 0 Å². The Kier molecular flexibility index (Phi) is 6.13. The summed E-state index contributed by atoms with van der Waals surface area (Å²) in [5.74, 6) is 0.963. The number of ether oxygens (including phenoxy) is 1. The summed E-state index contributed by atoms with van der Waals surface area (Å²) in [5.41, 5.74) is 2.58. The van der Waals surface area contributed by atoms with Crippen LogP contribution >= 0.6 is 0 Å². The number of carbonyl (C=O) groups is 2. The molecule has 0 unspecified atom stereocenters. The van der Waals surface area contributed by atoms with Crippen LogP contribution in [0, 0.1) is 0 Å². The van der Waals surface area contributed by atoms with Crippen LogP contribution in [0.4, 0.5) is 11.4 Å². The molecule has 0 atom stereocenters. The minimum atomic E-state index is -0.0498. The fourth-order valence-corrected chi connectivity index (χ4v) is 4.16. The van der Waals surface area contributed by atoms with Crippen molar-refractivity contribution in [2.24, 2.45) is 0 Å². The first-order chi connectivity index (χ1) is 14.2. The second-order valence-corrected chi connectivity index (χ2v) is 7.89. The molecule has 1 saturated carbocycles. The number of nitrogens with one attached hydrogen (secondary N) is 1. The molecule has 1 N–H and O–H groups in total. The lowest BCUT2D eigenvalue weighted by atomic mass is 10.1. The lowest BCUT2D eigenvalue weighted by molar-refractivity contribution is -0.117. The van der Waals surface area contributed by atoms with Gasteiger partial charge in [0.25, 0.3) is 0 Å². The number of hydrogen-bond acceptors (Lipinski definition) is 3. The van der Waals surface area contributed by atoms with Crippen molar-refractivity contribution in [1.29, 1.82) is 0 Å². The van der Waals surface area contributed by atoms with Crippen LogP contribution in [0.3, 0.4) is 0 Å². The number of para-hydroxylation sites is 2. The number of anilines is 2. The Morgan fingerprint density at radius 3 is 2.69 bits per heavy atom. The van der Waals surface area contributed by atoms with E-state index in [0.29, 0.717) is 37.6 Å². The topological polar surface area (TPSA) is 58.6 Å². The number of carbonyl (C=O) groups excluding carboxylic acids is 2. The first-order valence-electron chi connectivity index (χ1n) is 10.6. The van der Waals surface area contributed by atoms with E-state index in [9.17, 15) is 9.59 Å². The molecule has 4 rings (SSSR count). The molecule has 5 nitrogen and oxygen atoms in total. The number of aryl methyl sites for hydroxylation is 1. The number of benzene rings is 2. The van der Waals surface area contributed by atoms with Gasteiger partial charge in [-0.1, -0.05) is 24.3 Å². The van der Waals surface area contributed by atoms with Gasteiger partial charge in [-0.25, -0.2) is 0 Å². The molecule has 0 aromatic heterocycles. The van der Waals surface area contributed by atoms with Crippen molar-refractivity contribution in [3.05, 3.63) is 54.1 Å². The monoisotopic (exact) mass is 392 g/mol. The molecule has 1 heterocycles. The number of nitrogens with zero attached hydrogens (tertiary/aromatic N) is 1. The predicted molar refractivity (Wildman–Crippen MR) is 114 cm³/mol. The molecule has 152 valence electrons. The van der Waals surface area contributed by atoms with Gasteiger partial charge < -0.3 is 15.0 Å². The lowest BCUT2D eigenvalue weighted by Gasteiger charge is -2.20. The van der Waals surface area contributed by atoms with Gasteiger partial charge in [-0.05, 0) is 68.4 Å². The van der Waals surface area contributed by atoms with E-state index in [2.05, 4.69) is 5.32 Å². The van der Waals surface area contributed by atoms with Crippen LogP contribution < -0.4 is 15.0 Å². The SMILES string of the molecule is O=C(CCc1cccc(OC2CCCC2)c1)Nc1ccccc1N1CCCC1=O. The summed E-state index contributed by atoms with van der Waals surface area (Å²) in [6.07, 6.45) is 7.55. The van der Waals surface area contributed by atoms with Gasteiger partial charge in [0.15, 0.2) is 0 Å². The van der Waals surface area contributed by atoms with E-state index in [0.717, 1.165) is 36.3 Å². The molecular formula is C24H28N2O3. The first-order valence-corrected chi connectivity index (χ1v) is 10.6. The molecule has 1 aliphatic heterocycles. The molecule has 5 heteroatoms. The third kappa shape index (κ3) is 4.97. The Morgan fingerprint density at radius 1 is 1.07 bits per heavy atom. The highest BCUT2D eigenvalue weighted by molar-refractivity contribution is 6.02. The van der Waals surface area contributed by atoms with Crippen LogP contribution in [0.2, 0.25) is 0 Å². The highest BCUT2D eigenvalue weighted by Crippen LogP contribution is 2.29. The smallest absolute Gasteiger partial charge is 0.227 e. The van der Waals surface area contributed by atoms with E-state index in [1.54, 1.807) is 4.90 Å². The Balaban J connectivity index is 1.34. The Morgan fingerprint density at radius 2 is 1.90 bits per heavy atom. The molecule has 0 spiro atoms. The lowest BCUT2D eigenvalue weighted by Crippen LogP contribution is -2.25. The predicted octanol–water partition coefficient (Wildman–Crippen LogP) is 4.71. The first kappa shape index (κ1) is 19.5. The zero-order chi connectivity index (χ0) is 20.1. The van der Waals surface area contributed by atoms with E-state index in [4.69, 9.17) is 4.74 Å². The van der Waals surface area contributed by atoms with Crippen molar-refractivity contribution in [2.45, 2.75) is 57.5 Å². The summed E-state index contributed by atoms with van der Waals surface area (Å²) in [5, 5.41) is 2.99. The van der Waals surface area contributed by atoms with E-state index in [1.807, 2.05) is 48.5 Å². The maximum atomic E-state index is 12.6. The van der Waals surface area contributed by atoms with Gasteiger partial charge in [-0.3, -0.25) is 9.59 Å².